The molecule has 5 heteroatoms. The van der Waals surface area contributed by atoms with Gasteiger partial charge >= 0.3 is 0 Å². The summed E-state index contributed by atoms with van der Waals surface area (Å²) in [5, 5.41) is 18.3. The maximum atomic E-state index is 13.8. The summed E-state index contributed by atoms with van der Waals surface area (Å²) < 4.78 is 13.8. The normalized spacial score (nSPS) is 21.6. The predicted molar refractivity (Wildman–Crippen MR) is 76.1 cm³/mol. The van der Waals surface area contributed by atoms with E-state index >= 15 is 0 Å². The molecule has 0 radical (unpaired) electrons. The van der Waals surface area contributed by atoms with E-state index in [1.807, 2.05) is 6.92 Å². The lowest BCUT2D eigenvalue weighted by atomic mass is 9.96. The van der Waals surface area contributed by atoms with Crippen LogP contribution in [0.2, 0.25) is 0 Å². The van der Waals surface area contributed by atoms with Crippen molar-refractivity contribution in [2.75, 3.05) is 19.7 Å². The minimum atomic E-state index is -0.577. The van der Waals surface area contributed by atoms with Crippen molar-refractivity contribution < 1.29 is 19.4 Å². The van der Waals surface area contributed by atoms with Gasteiger partial charge in [0.05, 0.1) is 11.7 Å². The molecule has 21 heavy (non-hydrogen) atoms. The number of aliphatic hydroxyl groups is 2. The first-order chi connectivity index (χ1) is 10.0. The number of aliphatic hydroxyl groups excluding tert-OH is 2. The van der Waals surface area contributed by atoms with Crippen LogP contribution in [-0.4, -0.2) is 46.8 Å². The molecule has 0 aliphatic carbocycles. The lowest BCUT2D eigenvalue weighted by Crippen LogP contribution is -2.45. The van der Waals surface area contributed by atoms with E-state index in [9.17, 15) is 14.3 Å². The van der Waals surface area contributed by atoms with Crippen LogP contribution in [0.3, 0.4) is 0 Å². The van der Waals surface area contributed by atoms with Crippen LogP contribution >= 0.6 is 0 Å². The smallest absolute Gasteiger partial charge is 0.253 e. The molecule has 1 heterocycles. The summed E-state index contributed by atoms with van der Waals surface area (Å²) in [7, 11) is 0. The summed E-state index contributed by atoms with van der Waals surface area (Å²) in [5.74, 6) is 4.06. The zero-order valence-corrected chi connectivity index (χ0v) is 11.8. The van der Waals surface area contributed by atoms with Crippen molar-refractivity contribution in [2.24, 2.45) is 5.92 Å². The molecule has 1 aromatic rings. The van der Waals surface area contributed by atoms with Crippen LogP contribution in [0.1, 0.15) is 29.3 Å². The van der Waals surface area contributed by atoms with Crippen LogP contribution in [-0.2, 0) is 0 Å². The Labute approximate surface area is 123 Å². The van der Waals surface area contributed by atoms with E-state index < -0.39 is 5.82 Å². The van der Waals surface area contributed by atoms with Crippen molar-refractivity contribution in [3.63, 3.8) is 0 Å². The van der Waals surface area contributed by atoms with Crippen molar-refractivity contribution in [2.45, 2.75) is 19.4 Å². The van der Waals surface area contributed by atoms with Crippen molar-refractivity contribution in [3.05, 3.63) is 35.1 Å². The van der Waals surface area contributed by atoms with Gasteiger partial charge < -0.3 is 15.1 Å². The lowest BCUT2D eigenvalue weighted by Gasteiger charge is -2.34. The number of likely N-dealkylation sites (tertiary alicyclic amines) is 1. The molecule has 0 bridgehead atoms. The molecule has 1 amide bonds. The Kier molecular flexibility index (Phi) is 4.94. The Balaban J connectivity index is 2.15. The van der Waals surface area contributed by atoms with E-state index in [2.05, 4.69) is 11.8 Å². The third-order valence-electron chi connectivity index (χ3n) is 3.67. The molecule has 2 N–H and O–H groups in total. The largest absolute Gasteiger partial charge is 0.393 e. The second-order valence-corrected chi connectivity index (χ2v) is 5.24. The minimum absolute atomic E-state index is 0.0160. The number of rotatable bonds is 1. The summed E-state index contributed by atoms with van der Waals surface area (Å²) in [5.41, 5.74) is 0.425. The molecular formula is C16H18FNO3. The van der Waals surface area contributed by atoms with Crippen LogP contribution < -0.4 is 0 Å². The van der Waals surface area contributed by atoms with Crippen LogP contribution in [0.4, 0.5) is 4.39 Å². The minimum Gasteiger partial charge on any atom is -0.393 e. The predicted octanol–water partition coefficient (Wildman–Crippen LogP) is 1.01. The van der Waals surface area contributed by atoms with E-state index in [1.54, 1.807) is 4.90 Å². The number of hydrogen-bond donors (Lipinski definition) is 2. The second kappa shape index (κ2) is 6.70. The van der Waals surface area contributed by atoms with Crippen molar-refractivity contribution >= 4 is 5.91 Å². The monoisotopic (exact) mass is 291 g/mol. The topological polar surface area (TPSA) is 60.8 Å². The van der Waals surface area contributed by atoms with Crippen molar-refractivity contribution in [1.29, 1.82) is 0 Å². The summed E-state index contributed by atoms with van der Waals surface area (Å²) in [6.07, 6.45) is 0.150. The number of hydrogen-bond acceptors (Lipinski definition) is 3. The van der Waals surface area contributed by atoms with Crippen molar-refractivity contribution in [1.82, 2.24) is 4.90 Å². The Hall–Kier alpha value is -1.90. The molecule has 0 spiro atoms. The van der Waals surface area contributed by atoms with Crippen molar-refractivity contribution in [3.8, 4) is 11.8 Å². The highest BCUT2D eigenvalue weighted by Gasteiger charge is 2.27. The number of nitrogens with zero attached hydrogens (tertiary/aromatic N) is 1. The van der Waals surface area contributed by atoms with E-state index in [1.165, 1.54) is 18.2 Å². The lowest BCUT2D eigenvalue weighted by molar-refractivity contribution is 0.0297. The number of carbonyl (C=O) groups is 1. The third-order valence-corrected chi connectivity index (χ3v) is 3.67. The van der Waals surface area contributed by atoms with Gasteiger partial charge in [-0.3, -0.25) is 4.79 Å². The Morgan fingerprint density at radius 3 is 2.90 bits per heavy atom. The van der Waals surface area contributed by atoms with Gasteiger partial charge in [-0.25, -0.2) is 4.39 Å². The second-order valence-electron chi connectivity index (χ2n) is 5.24. The first-order valence-corrected chi connectivity index (χ1v) is 6.89. The van der Waals surface area contributed by atoms with Gasteiger partial charge in [0.15, 0.2) is 0 Å². The quantitative estimate of drug-likeness (QED) is 0.759. The van der Waals surface area contributed by atoms with Gasteiger partial charge in [-0.1, -0.05) is 18.8 Å². The number of benzene rings is 1. The van der Waals surface area contributed by atoms with Gasteiger partial charge in [-0.2, -0.15) is 0 Å². The fourth-order valence-corrected chi connectivity index (χ4v) is 2.38. The summed E-state index contributed by atoms with van der Waals surface area (Å²) in [6, 6.07) is 4.13. The molecule has 4 nitrogen and oxygen atoms in total. The van der Waals surface area contributed by atoms with Gasteiger partial charge in [0.1, 0.15) is 12.4 Å². The summed E-state index contributed by atoms with van der Waals surface area (Å²) >= 11 is 0. The molecular weight excluding hydrogens is 273 g/mol. The highest BCUT2D eigenvalue weighted by atomic mass is 19.1. The maximum Gasteiger partial charge on any atom is 0.253 e. The first kappa shape index (κ1) is 15.5. The molecule has 1 aliphatic heterocycles. The van der Waals surface area contributed by atoms with Crippen LogP contribution in [0.15, 0.2) is 18.2 Å². The van der Waals surface area contributed by atoms with E-state index in [0.29, 0.717) is 19.5 Å². The fraction of sp³-hybridized carbons (Fsp3) is 0.438. The number of carbonyl (C=O) groups excluding carboxylic acids is 1. The molecule has 1 aromatic carbocycles. The SMILES string of the molecule is CC1CN(C(=O)c2ccc(C#CCO)c(F)c2)CCC1O. The Morgan fingerprint density at radius 1 is 1.52 bits per heavy atom. The molecule has 2 atom stereocenters. The maximum absolute atomic E-state index is 13.8. The molecule has 2 unspecified atom stereocenters. The summed E-state index contributed by atoms with van der Waals surface area (Å²) in [6.45, 7) is 2.48. The Morgan fingerprint density at radius 2 is 2.29 bits per heavy atom. The standard InChI is InChI=1S/C16H18FNO3/c1-11-10-18(7-6-15(11)20)16(21)13-5-4-12(3-2-8-19)14(17)9-13/h4-5,9,11,15,19-20H,6-8,10H2,1H3. The molecule has 1 saturated heterocycles. The fourth-order valence-electron chi connectivity index (χ4n) is 2.38. The average molecular weight is 291 g/mol. The van der Waals surface area contributed by atoms with Gasteiger partial charge in [0.2, 0.25) is 0 Å². The number of amides is 1. The van der Waals surface area contributed by atoms with Gasteiger partial charge in [-0.15, -0.1) is 0 Å². The zero-order valence-electron chi connectivity index (χ0n) is 11.8. The third kappa shape index (κ3) is 3.60. The Bertz CT molecular complexity index is 591. The summed E-state index contributed by atoms with van der Waals surface area (Å²) in [4.78, 5) is 14.0. The van der Waals surface area contributed by atoms with E-state index in [4.69, 9.17) is 5.11 Å². The van der Waals surface area contributed by atoms with E-state index in [-0.39, 0.29) is 35.7 Å². The van der Waals surface area contributed by atoms with Crippen LogP contribution in [0.25, 0.3) is 0 Å². The van der Waals surface area contributed by atoms with Gasteiger partial charge in [-0.05, 0) is 30.5 Å². The van der Waals surface area contributed by atoms with E-state index in [0.717, 1.165) is 0 Å². The first-order valence-electron chi connectivity index (χ1n) is 6.89. The highest BCUT2D eigenvalue weighted by Crippen LogP contribution is 2.19. The van der Waals surface area contributed by atoms with Crippen LogP contribution in [0.5, 0.6) is 0 Å². The van der Waals surface area contributed by atoms with Gasteiger partial charge in [0, 0.05) is 18.7 Å². The van der Waals surface area contributed by atoms with Crippen LogP contribution in [0, 0.1) is 23.6 Å². The molecule has 112 valence electrons. The number of halogens is 1. The highest BCUT2D eigenvalue weighted by molar-refractivity contribution is 5.94. The molecule has 1 fully saturated rings. The molecule has 2 rings (SSSR count). The zero-order chi connectivity index (χ0) is 15.4. The molecule has 0 saturated carbocycles. The van der Waals surface area contributed by atoms with Gasteiger partial charge in [0.25, 0.3) is 5.91 Å². The average Bonchev–Trinajstić information content (AvgIpc) is 2.48. The molecule has 1 aliphatic rings. The molecule has 0 aromatic heterocycles. The number of piperidine rings is 1.